The van der Waals surface area contributed by atoms with Crippen molar-refractivity contribution < 1.29 is 23.9 Å². The van der Waals surface area contributed by atoms with E-state index in [0.29, 0.717) is 18.5 Å². The number of likely N-dealkylation sites (tertiary alicyclic amines) is 1. The summed E-state index contributed by atoms with van der Waals surface area (Å²) >= 11 is 0. The quantitative estimate of drug-likeness (QED) is 0.801. The Morgan fingerprint density at radius 3 is 2.68 bits per heavy atom. The highest BCUT2D eigenvalue weighted by Gasteiger charge is 2.39. The first-order valence-electron chi connectivity index (χ1n) is 10.5. The summed E-state index contributed by atoms with van der Waals surface area (Å²) < 4.78 is 13.1. The number of amides is 3. The number of carbonyl (C=O) groups is 3. The van der Waals surface area contributed by atoms with Gasteiger partial charge < -0.3 is 14.9 Å². The maximum atomic E-state index is 13.1. The zero-order valence-electron chi connectivity index (χ0n) is 17.5. The van der Waals surface area contributed by atoms with Gasteiger partial charge in [0.1, 0.15) is 18.1 Å². The SMILES string of the molecule is CC(=O)N1CCCC(CC2=CN3C(=O)CN(Cc4ccc(F)cc4)C(=O)C3=C(O)C2)C1. The monoisotopic (exact) mass is 427 g/mol. The fraction of sp³-hybridized carbons (Fsp3) is 0.435. The van der Waals surface area contributed by atoms with Crippen molar-refractivity contribution in [2.75, 3.05) is 19.6 Å². The van der Waals surface area contributed by atoms with Crippen LogP contribution in [-0.4, -0.2) is 57.2 Å². The topological polar surface area (TPSA) is 81.2 Å². The number of benzene rings is 1. The summed E-state index contributed by atoms with van der Waals surface area (Å²) in [4.78, 5) is 41.9. The van der Waals surface area contributed by atoms with Crippen molar-refractivity contribution >= 4 is 17.7 Å². The normalized spacial score (nSPS) is 21.9. The molecule has 0 aromatic heterocycles. The predicted molar refractivity (Wildman–Crippen MR) is 111 cm³/mol. The Labute approximate surface area is 180 Å². The van der Waals surface area contributed by atoms with Gasteiger partial charge in [-0.2, -0.15) is 0 Å². The second-order valence-corrected chi connectivity index (χ2v) is 8.49. The summed E-state index contributed by atoms with van der Waals surface area (Å²) in [5.41, 5.74) is 1.58. The molecule has 3 heterocycles. The lowest BCUT2D eigenvalue weighted by Crippen LogP contribution is -2.51. The molecule has 3 amide bonds. The van der Waals surface area contributed by atoms with Crippen molar-refractivity contribution in [2.45, 2.75) is 39.2 Å². The minimum absolute atomic E-state index is 0.00359. The third-order valence-corrected chi connectivity index (χ3v) is 6.11. The van der Waals surface area contributed by atoms with E-state index in [2.05, 4.69) is 0 Å². The first-order valence-corrected chi connectivity index (χ1v) is 10.5. The smallest absolute Gasteiger partial charge is 0.275 e. The Balaban J connectivity index is 1.47. The molecule has 7 nitrogen and oxygen atoms in total. The van der Waals surface area contributed by atoms with Crippen LogP contribution in [0.4, 0.5) is 4.39 Å². The van der Waals surface area contributed by atoms with E-state index in [-0.39, 0.29) is 54.5 Å². The van der Waals surface area contributed by atoms with Crippen LogP contribution in [0.5, 0.6) is 0 Å². The number of piperidine rings is 1. The van der Waals surface area contributed by atoms with E-state index < -0.39 is 5.91 Å². The standard InChI is InChI=1S/C23H26FN3O4/c1-15(28)25-8-2-3-17(12-25)9-18-10-20(29)22-23(31)26(14-21(30)27(22)13-18)11-16-4-6-19(24)7-5-16/h4-7,13,17,29H,2-3,8-12,14H2,1H3. The number of nitrogens with zero attached hydrogens (tertiary/aromatic N) is 3. The average molecular weight is 427 g/mol. The molecule has 3 aliphatic rings. The highest BCUT2D eigenvalue weighted by atomic mass is 19.1. The van der Waals surface area contributed by atoms with E-state index in [1.54, 1.807) is 25.3 Å². The molecule has 0 bridgehead atoms. The van der Waals surface area contributed by atoms with Gasteiger partial charge >= 0.3 is 0 Å². The first kappa shape index (κ1) is 21.1. The first-order chi connectivity index (χ1) is 14.8. The molecule has 1 aromatic carbocycles. The zero-order valence-corrected chi connectivity index (χ0v) is 17.5. The lowest BCUT2D eigenvalue weighted by molar-refractivity contribution is -0.144. The van der Waals surface area contributed by atoms with Gasteiger partial charge in [-0.1, -0.05) is 12.1 Å². The molecule has 1 unspecified atom stereocenters. The summed E-state index contributed by atoms with van der Waals surface area (Å²) in [7, 11) is 0. The summed E-state index contributed by atoms with van der Waals surface area (Å²) in [6.07, 6.45) is 4.47. The van der Waals surface area contributed by atoms with Crippen molar-refractivity contribution in [1.82, 2.24) is 14.7 Å². The molecule has 164 valence electrons. The van der Waals surface area contributed by atoms with Crippen molar-refractivity contribution in [3.05, 3.63) is 58.9 Å². The molecule has 1 atom stereocenters. The molecular formula is C23H26FN3O4. The van der Waals surface area contributed by atoms with Crippen molar-refractivity contribution in [3.63, 3.8) is 0 Å². The van der Waals surface area contributed by atoms with Gasteiger partial charge in [-0.05, 0) is 48.4 Å². The molecule has 2 fully saturated rings. The number of aliphatic hydroxyl groups is 1. The van der Waals surface area contributed by atoms with Crippen LogP contribution in [0.3, 0.4) is 0 Å². The average Bonchev–Trinajstić information content (AvgIpc) is 2.73. The lowest BCUT2D eigenvalue weighted by Gasteiger charge is -2.38. The second-order valence-electron chi connectivity index (χ2n) is 8.49. The largest absolute Gasteiger partial charge is 0.510 e. The van der Waals surface area contributed by atoms with Crippen LogP contribution in [0.15, 0.2) is 47.5 Å². The maximum absolute atomic E-state index is 13.1. The Hall–Kier alpha value is -3.16. The Morgan fingerprint density at radius 2 is 1.97 bits per heavy atom. The summed E-state index contributed by atoms with van der Waals surface area (Å²) in [6.45, 7) is 3.05. The van der Waals surface area contributed by atoms with E-state index in [4.69, 9.17) is 0 Å². The van der Waals surface area contributed by atoms with Gasteiger partial charge in [-0.15, -0.1) is 0 Å². The van der Waals surface area contributed by atoms with E-state index in [1.807, 2.05) is 4.90 Å². The highest BCUT2D eigenvalue weighted by molar-refractivity contribution is 6.04. The van der Waals surface area contributed by atoms with Crippen LogP contribution in [0.25, 0.3) is 0 Å². The number of hydrogen-bond donors (Lipinski definition) is 1. The molecule has 2 saturated heterocycles. The number of aliphatic hydroxyl groups excluding tert-OH is 1. The Bertz CT molecular complexity index is 970. The Morgan fingerprint density at radius 1 is 1.23 bits per heavy atom. The number of halogens is 1. The van der Waals surface area contributed by atoms with Gasteiger partial charge in [-0.3, -0.25) is 19.3 Å². The van der Waals surface area contributed by atoms with Gasteiger partial charge in [0.25, 0.3) is 11.8 Å². The minimum Gasteiger partial charge on any atom is -0.510 e. The van der Waals surface area contributed by atoms with E-state index in [9.17, 15) is 23.9 Å². The Kier molecular flexibility index (Phi) is 5.80. The van der Waals surface area contributed by atoms with Crippen molar-refractivity contribution in [3.8, 4) is 0 Å². The molecule has 0 radical (unpaired) electrons. The molecular weight excluding hydrogens is 401 g/mol. The van der Waals surface area contributed by atoms with Crippen molar-refractivity contribution in [1.29, 1.82) is 0 Å². The number of piperazine rings is 1. The molecule has 31 heavy (non-hydrogen) atoms. The fourth-order valence-electron chi connectivity index (χ4n) is 4.57. The maximum Gasteiger partial charge on any atom is 0.275 e. The van der Waals surface area contributed by atoms with E-state index >= 15 is 0 Å². The molecule has 0 saturated carbocycles. The second kappa shape index (κ2) is 8.53. The number of hydrogen-bond acceptors (Lipinski definition) is 4. The van der Waals surface area contributed by atoms with Gasteiger partial charge in [-0.25, -0.2) is 4.39 Å². The van der Waals surface area contributed by atoms with Gasteiger partial charge in [0.05, 0.1) is 0 Å². The van der Waals surface area contributed by atoms with Gasteiger partial charge in [0, 0.05) is 39.2 Å². The molecule has 0 spiro atoms. The number of allylic oxidation sites excluding steroid dienone is 1. The number of carbonyl (C=O) groups excluding carboxylic acids is 3. The van der Waals surface area contributed by atoms with Crippen LogP contribution in [0.2, 0.25) is 0 Å². The summed E-state index contributed by atoms with van der Waals surface area (Å²) in [5, 5.41) is 10.6. The zero-order chi connectivity index (χ0) is 22.1. The van der Waals surface area contributed by atoms with Crippen LogP contribution in [0, 0.1) is 11.7 Å². The molecule has 8 heteroatoms. The highest BCUT2D eigenvalue weighted by Crippen LogP contribution is 2.33. The van der Waals surface area contributed by atoms with Crippen molar-refractivity contribution in [2.24, 2.45) is 5.92 Å². The van der Waals surface area contributed by atoms with E-state index in [1.165, 1.54) is 21.9 Å². The fourth-order valence-corrected chi connectivity index (χ4v) is 4.57. The molecule has 3 aliphatic heterocycles. The minimum atomic E-state index is -0.419. The third kappa shape index (κ3) is 4.47. The van der Waals surface area contributed by atoms with Crippen LogP contribution < -0.4 is 0 Å². The van der Waals surface area contributed by atoms with Crippen LogP contribution in [0.1, 0.15) is 38.2 Å². The number of fused-ring (bicyclic) bond motifs is 1. The number of rotatable bonds is 4. The van der Waals surface area contributed by atoms with Gasteiger partial charge in [0.2, 0.25) is 5.91 Å². The van der Waals surface area contributed by atoms with Crippen LogP contribution >= 0.6 is 0 Å². The lowest BCUT2D eigenvalue weighted by atomic mass is 9.88. The van der Waals surface area contributed by atoms with E-state index in [0.717, 1.165) is 25.0 Å². The van der Waals surface area contributed by atoms with Crippen LogP contribution in [-0.2, 0) is 20.9 Å². The molecule has 1 N–H and O–H groups in total. The summed E-state index contributed by atoms with van der Waals surface area (Å²) in [5.74, 6) is -0.870. The summed E-state index contributed by atoms with van der Waals surface area (Å²) in [6, 6.07) is 5.76. The molecule has 0 aliphatic carbocycles. The van der Waals surface area contributed by atoms with Gasteiger partial charge in [0.15, 0.2) is 5.70 Å². The predicted octanol–water partition coefficient (Wildman–Crippen LogP) is 2.70. The third-order valence-electron chi connectivity index (χ3n) is 6.11. The molecule has 4 rings (SSSR count). The molecule has 1 aromatic rings.